The number of nitrogens with one attached hydrogen (secondary N) is 2. The standard InChI is InChI=1S/C20H22BrN3O4S/c21-18-11-10-16(29(27,28)24-15-8-9-15)13-17(18)20(25)22-12-4-7-19(23-26)14-5-2-1-3-6-14/h1-3,5-6,10-11,13,15,24,26H,4,7-9,12H2,(H,22,25)/b23-19-. The first kappa shape index (κ1) is 21.5. The molecule has 0 spiro atoms. The molecule has 0 bridgehead atoms. The highest BCUT2D eigenvalue weighted by molar-refractivity contribution is 9.10. The van der Waals surface area contributed by atoms with E-state index in [2.05, 4.69) is 31.1 Å². The highest BCUT2D eigenvalue weighted by Gasteiger charge is 2.28. The van der Waals surface area contributed by atoms with Gasteiger partial charge in [-0.1, -0.05) is 35.5 Å². The van der Waals surface area contributed by atoms with Crippen molar-refractivity contribution in [1.29, 1.82) is 0 Å². The Kier molecular flexibility index (Phi) is 7.05. The van der Waals surface area contributed by atoms with Gasteiger partial charge in [0, 0.05) is 17.1 Å². The smallest absolute Gasteiger partial charge is 0.252 e. The maximum absolute atomic E-state index is 12.5. The van der Waals surface area contributed by atoms with E-state index in [1.165, 1.54) is 12.1 Å². The molecule has 7 nitrogen and oxygen atoms in total. The van der Waals surface area contributed by atoms with Crippen molar-refractivity contribution in [1.82, 2.24) is 10.0 Å². The monoisotopic (exact) mass is 479 g/mol. The van der Waals surface area contributed by atoms with E-state index in [-0.39, 0.29) is 22.4 Å². The number of nitrogens with zero attached hydrogens (tertiary/aromatic N) is 1. The fourth-order valence-electron chi connectivity index (χ4n) is 2.77. The number of hydrogen-bond acceptors (Lipinski definition) is 5. The lowest BCUT2D eigenvalue weighted by atomic mass is 10.1. The Labute approximate surface area is 178 Å². The number of benzene rings is 2. The maximum atomic E-state index is 12.5. The summed E-state index contributed by atoms with van der Waals surface area (Å²) in [4.78, 5) is 12.6. The summed E-state index contributed by atoms with van der Waals surface area (Å²) < 4.78 is 27.9. The van der Waals surface area contributed by atoms with Gasteiger partial charge in [-0.3, -0.25) is 4.79 Å². The van der Waals surface area contributed by atoms with E-state index < -0.39 is 10.0 Å². The molecule has 29 heavy (non-hydrogen) atoms. The van der Waals surface area contributed by atoms with Crippen LogP contribution in [0.15, 0.2) is 63.1 Å². The second kappa shape index (κ2) is 9.51. The number of amides is 1. The van der Waals surface area contributed by atoms with Gasteiger partial charge in [0.15, 0.2) is 0 Å². The van der Waals surface area contributed by atoms with Crippen molar-refractivity contribution in [3.8, 4) is 0 Å². The average molecular weight is 480 g/mol. The summed E-state index contributed by atoms with van der Waals surface area (Å²) in [5, 5.41) is 15.3. The number of hydrogen-bond donors (Lipinski definition) is 3. The quantitative estimate of drug-likeness (QED) is 0.222. The number of carbonyl (C=O) groups is 1. The first-order chi connectivity index (χ1) is 13.9. The zero-order chi connectivity index (χ0) is 20.9. The van der Waals surface area contributed by atoms with Gasteiger partial charge in [0.05, 0.1) is 16.2 Å². The van der Waals surface area contributed by atoms with Crippen LogP contribution in [-0.2, 0) is 10.0 Å². The molecule has 0 unspecified atom stereocenters. The van der Waals surface area contributed by atoms with Crippen molar-refractivity contribution in [2.24, 2.45) is 5.16 Å². The molecule has 1 saturated carbocycles. The van der Waals surface area contributed by atoms with Crippen LogP contribution in [0, 0.1) is 0 Å². The van der Waals surface area contributed by atoms with Crippen LogP contribution in [0.3, 0.4) is 0 Å². The average Bonchev–Trinajstić information content (AvgIpc) is 3.52. The van der Waals surface area contributed by atoms with Crippen LogP contribution in [0.2, 0.25) is 0 Å². The molecule has 1 fully saturated rings. The van der Waals surface area contributed by atoms with Gasteiger partial charge in [-0.2, -0.15) is 0 Å². The molecule has 0 aliphatic heterocycles. The summed E-state index contributed by atoms with van der Waals surface area (Å²) in [6.07, 6.45) is 2.73. The summed E-state index contributed by atoms with van der Waals surface area (Å²) in [6.45, 7) is 0.356. The van der Waals surface area contributed by atoms with E-state index in [1.807, 2.05) is 30.3 Å². The van der Waals surface area contributed by atoms with Gasteiger partial charge >= 0.3 is 0 Å². The highest BCUT2D eigenvalue weighted by atomic mass is 79.9. The number of oxime groups is 1. The van der Waals surface area contributed by atoms with E-state index in [1.54, 1.807) is 6.07 Å². The topological polar surface area (TPSA) is 108 Å². The Hall–Kier alpha value is -2.23. The molecule has 0 radical (unpaired) electrons. The fourth-order valence-corrected chi connectivity index (χ4v) is 4.53. The summed E-state index contributed by atoms with van der Waals surface area (Å²) in [5.74, 6) is -0.373. The molecule has 1 aliphatic rings. The van der Waals surface area contributed by atoms with Crippen LogP contribution in [0.4, 0.5) is 0 Å². The lowest BCUT2D eigenvalue weighted by Gasteiger charge is -2.10. The fraction of sp³-hybridized carbons (Fsp3) is 0.300. The molecule has 1 aliphatic carbocycles. The van der Waals surface area contributed by atoms with Gasteiger partial charge in [0.2, 0.25) is 10.0 Å². The molecule has 0 saturated heterocycles. The van der Waals surface area contributed by atoms with Crippen molar-refractivity contribution in [3.05, 3.63) is 64.1 Å². The van der Waals surface area contributed by atoms with Crippen LogP contribution in [0.1, 0.15) is 41.6 Å². The Morgan fingerprint density at radius 3 is 2.55 bits per heavy atom. The lowest BCUT2D eigenvalue weighted by molar-refractivity contribution is 0.0952. The largest absolute Gasteiger partial charge is 0.411 e. The van der Waals surface area contributed by atoms with Crippen LogP contribution in [0.25, 0.3) is 0 Å². The van der Waals surface area contributed by atoms with Crippen molar-refractivity contribution >= 4 is 37.6 Å². The Balaban J connectivity index is 1.58. The summed E-state index contributed by atoms with van der Waals surface area (Å²) >= 11 is 3.31. The third-order valence-electron chi connectivity index (χ3n) is 4.50. The van der Waals surface area contributed by atoms with E-state index in [9.17, 15) is 18.4 Å². The molecule has 2 aromatic rings. The normalized spacial score (nSPS) is 14.6. The summed E-state index contributed by atoms with van der Waals surface area (Å²) in [7, 11) is -3.63. The third kappa shape index (κ3) is 5.88. The highest BCUT2D eigenvalue weighted by Crippen LogP contribution is 2.25. The molecule has 0 heterocycles. The van der Waals surface area contributed by atoms with Crippen LogP contribution >= 0.6 is 15.9 Å². The molecule has 3 N–H and O–H groups in total. The molecular weight excluding hydrogens is 458 g/mol. The van der Waals surface area contributed by atoms with E-state index >= 15 is 0 Å². The van der Waals surface area contributed by atoms with E-state index in [0.29, 0.717) is 29.6 Å². The van der Waals surface area contributed by atoms with Crippen LogP contribution in [0.5, 0.6) is 0 Å². The molecule has 1 amide bonds. The van der Waals surface area contributed by atoms with Gasteiger partial charge in [0.1, 0.15) is 0 Å². The molecule has 9 heteroatoms. The van der Waals surface area contributed by atoms with E-state index in [4.69, 9.17) is 0 Å². The van der Waals surface area contributed by atoms with Crippen molar-refractivity contribution < 1.29 is 18.4 Å². The van der Waals surface area contributed by atoms with Gasteiger partial charge in [-0.15, -0.1) is 0 Å². The predicted octanol–water partition coefficient (Wildman–Crippen LogP) is 3.28. The summed E-state index contributed by atoms with van der Waals surface area (Å²) in [6, 6.07) is 13.7. The van der Waals surface area contributed by atoms with Crippen molar-refractivity contribution in [2.45, 2.75) is 36.6 Å². The zero-order valence-electron chi connectivity index (χ0n) is 15.6. The van der Waals surface area contributed by atoms with Crippen LogP contribution < -0.4 is 10.0 Å². The number of rotatable bonds is 9. The Morgan fingerprint density at radius 1 is 1.17 bits per heavy atom. The number of carbonyl (C=O) groups excluding carboxylic acids is 1. The van der Waals surface area contributed by atoms with Crippen LogP contribution in [-0.4, -0.2) is 37.8 Å². The van der Waals surface area contributed by atoms with Gasteiger partial charge in [-0.05, 0) is 65.4 Å². The molecule has 2 aromatic carbocycles. The summed E-state index contributed by atoms with van der Waals surface area (Å²) in [5.41, 5.74) is 1.62. The minimum Gasteiger partial charge on any atom is -0.411 e. The van der Waals surface area contributed by atoms with E-state index in [0.717, 1.165) is 18.4 Å². The second-order valence-corrected chi connectivity index (χ2v) is 9.38. The van der Waals surface area contributed by atoms with Gasteiger partial charge in [-0.25, -0.2) is 13.1 Å². The van der Waals surface area contributed by atoms with Gasteiger partial charge in [0.25, 0.3) is 5.91 Å². The van der Waals surface area contributed by atoms with Crippen molar-refractivity contribution in [2.75, 3.05) is 6.54 Å². The third-order valence-corrected chi connectivity index (χ3v) is 6.71. The molecular formula is C20H22BrN3O4S. The molecule has 0 aromatic heterocycles. The predicted molar refractivity (Wildman–Crippen MR) is 114 cm³/mol. The number of sulfonamides is 1. The molecule has 154 valence electrons. The Morgan fingerprint density at radius 2 is 1.90 bits per heavy atom. The second-order valence-electron chi connectivity index (χ2n) is 6.81. The first-order valence-electron chi connectivity index (χ1n) is 9.27. The Bertz CT molecular complexity index is 1010. The first-order valence-corrected chi connectivity index (χ1v) is 11.5. The maximum Gasteiger partial charge on any atom is 0.252 e. The molecule has 3 rings (SSSR count). The van der Waals surface area contributed by atoms with Gasteiger partial charge < -0.3 is 10.5 Å². The van der Waals surface area contributed by atoms with Crippen molar-refractivity contribution in [3.63, 3.8) is 0 Å². The lowest BCUT2D eigenvalue weighted by Crippen LogP contribution is -2.28. The number of halogens is 1. The molecule has 0 atom stereocenters. The minimum atomic E-state index is -3.63. The zero-order valence-corrected chi connectivity index (χ0v) is 18.0. The minimum absolute atomic E-state index is 0.00655. The SMILES string of the molecule is O=C(NCCC/C(=N/O)c1ccccc1)c1cc(S(=O)(=O)NC2CC2)ccc1Br.